The van der Waals surface area contributed by atoms with Gasteiger partial charge < -0.3 is 0 Å². The summed E-state index contributed by atoms with van der Waals surface area (Å²) in [6.07, 6.45) is 10.8. The first-order chi connectivity index (χ1) is 13.5. The summed E-state index contributed by atoms with van der Waals surface area (Å²) in [5.41, 5.74) is 0.858. The molecule has 0 N–H and O–H groups in total. The number of aromatic nitrogens is 3. The summed E-state index contributed by atoms with van der Waals surface area (Å²) in [6, 6.07) is 3.88. The molecule has 0 unspecified atom stereocenters. The van der Waals surface area contributed by atoms with Crippen LogP contribution in [0.25, 0.3) is 10.6 Å². The van der Waals surface area contributed by atoms with Gasteiger partial charge in [-0.3, -0.25) is 14.7 Å². The lowest BCUT2D eigenvalue weighted by molar-refractivity contribution is -0.143. The summed E-state index contributed by atoms with van der Waals surface area (Å²) < 4.78 is 0. The predicted molar refractivity (Wildman–Crippen MR) is 111 cm³/mol. The van der Waals surface area contributed by atoms with Crippen molar-refractivity contribution in [1.82, 2.24) is 15.2 Å². The summed E-state index contributed by atoms with van der Waals surface area (Å²) >= 11 is 1.52. The average molecular weight is 397 g/mol. The molecule has 4 aliphatic rings. The fraction of sp³-hybridized carbons (Fsp3) is 0.636. The fourth-order valence-electron chi connectivity index (χ4n) is 6.21. The first-order valence-corrected chi connectivity index (χ1v) is 11.4. The van der Waals surface area contributed by atoms with Gasteiger partial charge >= 0.3 is 0 Å². The molecule has 2 aromatic heterocycles. The smallest absolute Gasteiger partial charge is 0.235 e. The summed E-state index contributed by atoms with van der Waals surface area (Å²) in [4.78, 5) is 20.0. The van der Waals surface area contributed by atoms with Crippen molar-refractivity contribution in [3.8, 4) is 10.6 Å². The van der Waals surface area contributed by atoms with Gasteiger partial charge in [0.25, 0.3) is 0 Å². The number of nitrogens with zero attached hydrogens (tertiary/aromatic N) is 4. The largest absolute Gasteiger partial charge is 0.286 e. The van der Waals surface area contributed by atoms with Crippen molar-refractivity contribution in [3.63, 3.8) is 0 Å². The van der Waals surface area contributed by atoms with Crippen LogP contribution in [-0.2, 0) is 4.79 Å². The molecule has 0 aromatic carbocycles. The normalized spacial score (nSPS) is 30.8. The fourth-order valence-corrected chi connectivity index (χ4v) is 7.07. The summed E-state index contributed by atoms with van der Waals surface area (Å²) in [7, 11) is 0. The molecule has 0 saturated heterocycles. The van der Waals surface area contributed by atoms with Crippen LogP contribution >= 0.6 is 11.3 Å². The van der Waals surface area contributed by atoms with Gasteiger partial charge in [-0.05, 0) is 74.3 Å². The summed E-state index contributed by atoms with van der Waals surface area (Å²) in [5.74, 6) is 3.00. The number of hydrogen-bond donors (Lipinski definition) is 0. The molecule has 6 heteroatoms. The van der Waals surface area contributed by atoms with Gasteiger partial charge in [-0.25, -0.2) is 0 Å². The highest BCUT2D eigenvalue weighted by molar-refractivity contribution is 7.18. The van der Waals surface area contributed by atoms with Gasteiger partial charge in [-0.1, -0.05) is 25.2 Å². The van der Waals surface area contributed by atoms with Crippen molar-refractivity contribution in [3.05, 3.63) is 24.5 Å². The third-order valence-electron chi connectivity index (χ3n) is 6.86. The molecule has 5 nitrogen and oxygen atoms in total. The van der Waals surface area contributed by atoms with E-state index >= 15 is 0 Å². The van der Waals surface area contributed by atoms with Crippen LogP contribution in [0, 0.1) is 29.1 Å². The second-order valence-corrected chi connectivity index (χ2v) is 10.6. The second kappa shape index (κ2) is 6.90. The van der Waals surface area contributed by atoms with Crippen LogP contribution in [-0.4, -0.2) is 27.6 Å². The Morgan fingerprint density at radius 2 is 1.71 bits per heavy atom. The minimum absolute atomic E-state index is 0.147. The maximum atomic E-state index is 13.9. The van der Waals surface area contributed by atoms with E-state index in [0.29, 0.717) is 18.4 Å². The highest BCUT2D eigenvalue weighted by Gasteiger charge is 2.56. The first-order valence-electron chi connectivity index (χ1n) is 10.6. The molecule has 2 heterocycles. The molecule has 0 aliphatic heterocycles. The van der Waals surface area contributed by atoms with Gasteiger partial charge in [0.2, 0.25) is 11.0 Å². The highest BCUT2D eigenvalue weighted by Crippen LogP contribution is 2.60. The standard InChI is InChI=1S/C22H28N4OS/c1-14(2)13-26(21-25-24-19(28-21)18-3-5-23-6-4-18)20(27)22-10-15-7-16(11-22)9-17(8-15)12-22/h3-6,14-17H,7-13H2,1-2H3. The average Bonchev–Trinajstić information content (AvgIpc) is 3.15. The summed E-state index contributed by atoms with van der Waals surface area (Å²) in [5, 5.41) is 10.4. The molecule has 0 atom stereocenters. The Bertz CT molecular complexity index is 827. The number of anilines is 1. The van der Waals surface area contributed by atoms with E-state index < -0.39 is 0 Å². The van der Waals surface area contributed by atoms with E-state index in [1.54, 1.807) is 12.4 Å². The zero-order chi connectivity index (χ0) is 19.3. The van der Waals surface area contributed by atoms with Crippen LogP contribution < -0.4 is 4.90 Å². The lowest BCUT2D eigenvalue weighted by Gasteiger charge is -2.56. The highest BCUT2D eigenvalue weighted by atomic mass is 32.1. The molecule has 148 valence electrons. The monoisotopic (exact) mass is 396 g/mol. The van der Waals surface area contributed by atoms with Crippen LogP contribution in [0.4, 0.5) is 5.13 Å². The van der Waals surface area contributed by atoms with E-state index in [1.807, 2.05) is 17.0 Å². The van der Waals surface area contributed by atoms with Crippen LogP contribution in [0.3, 0.4) is 0 Å². The van der Waals surface area contributed by atoms with Crippen molar-refractivity contribution in [2.24, 2.45) is 29.1 Å². The Kier molecular flexibility index (Phi) is 4.49. The predicted octanol–water partition coefficient (Wildman–Crippen LogP) is 4.81. The molecule has 4 aliphatic carbocycles. The van der Waals surface area contributed by atoms with Gasteiger partial charge in [0.1, 0.15) is 5.01 Å². The van der Waals surface area contributed by atoms with Gasteiger partial charge in [-0.2, -0.15) is 0 Å². The molecule has 1 amide bonds. The van der Waals surface area contributed by atoms with Crippen LogP contribution in [0.15, 0.2) is 24.5 Å². The molecule has 0 radical (unpaired) electrons. The Balaban J connectivity index is 1.46. The molecule has 4 fully saturated rings. The molecule has 28 heavy (non-hydrogen) atoms. The Hall–Kier alpha value is -1.82. The van der Waals surface area contributed by atoms with Crippen molar-refractivity contribution in [1.29, 1.82) is 0 Å². The summed E-state index contributed by atoms with van der Waals surface area (Å²) in [6.45, 7) is 5.06. The zero-order valence-corrected chi connectivity index (χ0v) is 17.5. The molecular weight excluding hydrogens is 368 g/mol. The van der Waals surface area contributed by atoms with Crippen molar-refractivity contribution in [2.75, 3.05) is 11.4 Å². The van der Waals surface area contributed by atoms with E-state index in [2.05, 4.69) is 29.0 Å². The van der Waals surface area contributed by atoms with E-state index in [4.69, 9.17) is 0 Å². The van der Waals surface area contributed by atoms with Gasteiger partial charge in [0, 0.05) is 24.5 Å². The van der Waals surface area contributed by atoms with E-state index in [9.17, 15) is 4.79 Å². The number of carbonyl (C=O) groups is 1. The van der Waals surface area contributed by atoms with Crippen LogP contribution in [0.1, 0.15) is 52.4 Å². The lowest BCUT2D eigenvalue weighted by atomic mass is 9.49. The SMILES string of the molecule is CC(C)CN(C(=O)C12CC3CC(CC(C3)C1)C2)c1nnc(-c2ccncc2)s1. The lowest BCUT2D eigenvalue weighted by Crippen LogP contribution is -2.55. The molecular formula is C22H28N4OS. The minimum atomic E-state index is -0.147. The first kappa shape index (κ1) is 18.2. The minimum Gasteiger partial charge on any atom is -0.286 e. The molecule has 0 spiro atoms. The Labute approximate surface area is 170 Å². The second-order valence-electron chi connectivity index (χ2n) is 9.63. The van der Waals surface area contributed by atoms with Crippen LogP contribution in [0.2, 0.25) is 0 Å². The number of amides is 1. The maximum absolute atomic E-state index is 13.9. The van der Waals surface area contributed by atoms with E-state index in [1.165, 1.54) is 30.6 Å². The van der Waals surface area contributed by atoms with Gasteiger partial charge in [-0.15, -0.1) is 10.2 Å². The van der Waals surface area contributed by atoms with Gasteiger partial charge in [0.05, 0.1) is 5.41 Å². The van der Waals surface area contributed by atoms with Crippen LogP contribution in [0.5, 0.6) is 0 Å². The number of pyridine rings is 1. The Morgan fingerprint density at radius 3 is 2.29 bits per heavy atom. The number of hydrogen-bond acceptors (Lipinski definition) is 5. The molecule has 6 rings (SSSR count). The molecule has 4 saturated carbocycles. The Morgan fingerprint density at radius 1 is 1.11 bits per heavy atom. The molecule has 2 aromatic rings. The maximum Gasteiger partial charge on any atom is 0.235 e. The molecule has 4 bridgehead atoms. The van der Waals surface area contributed by atoms with E-state index in [-0.39, 0.29) is 5.41 Å². The quantitative estimate of drug-likeness (QED) is 0.728. The van der Waals surface area contributed by atoms with Crippen molar-refractivity contribution < 1.29 is 4.79 Å². The third-order valence-corrected chi connectivity index (χ3v) is 7.85. The third kappa shape index (κ3) is 3.15. The topological polar surface area (TPSA) is 59.0 Å². The van der Waals surface area contributed by atoms with E-state index in [0.717, 1.165) is 52.7 Å². The number of rotatable bonds is 5. The van der Waals surface area contributed by atoms with Gasteiger partial charge in [0.15, 0.2) is 0 Å². The number of carbonyl (C=O) groups excluding carboxylic acids is 1. The zero-order valence-electron chi connectivity index (χ0n) is 16.7. The van der Waals surface area contributed by atoms with Crippen molar-refractivity contribution in [2.45, 2.75) is 52.4 Å². The van der Waals surface area contributed by atoms with Crippen molar-refractivity contribution >= 4 is 22.4 Å².